The van der Waals surface area contributed by atoms with Gasteiger partial charge in [-0.15, -0.1) is 22.7 Å². The van der Waals surface area contributed by atoms with Gasteiger partial charge in [0.15, 0.2) is 10.0 Å². The van der Waals surface area contributed by atoms with E-state index in [1.165, 1.54) is 11.3 Å². The second-order valence-corrected chi connectivity index (χ2v) is 3.34. The minimum absolute atomic E-state index is 0.954. The molecule has 2 heterocycles. The molecule has 0 spiro atoms. The summed E-state index contributed by atoms with van der Waals surface area (Å²) in [5, 5.41) is 6.79. The molecule has 0 saturated carbocycles. The Labute approximate surface area is 66.2 Å². The largest absolute Gasteiger partial charge is 0.242 e. The van der Waals surface area contributed by atoms with Crippen LogP contribution in [0.5, 0.6) is 0 Å². The molecule has 0 aliphatic heterocycles. The lowest BCUT2D eigenvalue weighted by Gasteiger charge is -1.81. The van der Waals surface area contributed by atoms with Gasteiger partial charge in [0, 0.05) is 17.8 Å². The van der Waals surface area contributed by atoms with Crippen LogP contribution >= 0.6 is 22.7 Å². The summed E-state index contributed by atoms with van der Waals surface area (Å²) in [6.45, 7) is 0. The zero-order valence-corrected chi connectivity index (χ0v) is 6.58. The summed E-state index contributed by atoms with van der Waals surface area (Å²) in [5.41, 5.74) is 0. The van der Waals surface area contributed by atoms with Gasteiger partial charge in [0.25, 0.3) is 0 Å². The number of hydrogen-bond donors (Lipinski definition) is 0. The molecule has 0 aromatic carbocycles. The van der Waals surface area contributed by atoms with E-state index in [1.54, 1.807) is 23.7 Å². The highest BCUT2D eigenvalue weighted by molar-refractivity contribution is 7.19. The molecule has 2 rings (SSSR count). The Morgan fingerprint density at radius 3 is 2.90 bits per heavy atom. The van der Waals surface area contributed by atoms with Gasteiger partial charge in [-0.2, -0.15) is 0 Å². The van der Waals surface area contributed by atoms with E-state index < -0.39 is 0 Å². The maximum atomic E-state index is 4.11. The highest BCUT2D eigenvalue weighted by Crippen LogP contribution is 2.22. The Bertz CT molecular complexity index is 253. The average molecular weight is 167 g/mol. The Morgan fingerprint density at radius 1 is 1.30 bits per heavy atom. The zero-order chi connectivity index (χ0) is 6.81. The Hall–Kier alpha value is -0.740. The summed E-state index contributed by atoms with van der Waals surface area (Å²) in [6, 6.07) is 0. The molecular weight excluding hydrogens is 164 g/mol. The molecule has 0 N–H and O–H groups in total. The molecule has 10 heavy (non-hydrogen) atoms. The lowest BCUT2D eigenvalue weighted by atomic mass is 10.7. The minimum atomic E-state index is 0.954. The minimum Gasteiger partial charge on any atom is -0.242 e. The number of hydrogen-bond acceptors (Lipinski definition) is 4. The summed E-state index contributed by atoms with van der Waals surface area (Å²) < 4.78 is 0. The molecule has 2 nitrogen and oxygen atoms in total. The van der Waals surface area contributed by atoms with Crippen molar-refractivity contribution in [3.05, 3.63) is 23.2 Å². The number of thiazole rings is 2. The number of aromatic nitrogens is 2. The normalized spacial score (nSPS) is 10.0. The first-order chi connectivity index (χ1) is 4.97. The summed E-state index contributed by atoms with van der Waals surface area (Å²) in [4.78, 5) is 8.17. The fraction of sp³-hybridized carbons (Fsp3) is 0. The molecule has 0 aliphatic rings. The van der Waals surface area contributed by atoms with Crippen LogP contribution in [0.2, 0.25) is 0 Å². The number of nitrogens with zero attached hydrogens (tertiary/aromatic N) is 2. The smallest absolute Gasteiger partial charge is 0.152 e. The molecule has 0 amide bonds. The van der Waals surface area contributed by atoms with E-state index >= 15 is 0 Å². The molecule has 0 fully saturated rings. The average Bonchev–Trinajstić information content (AvgIpc) is 2.59. The fourth-order valence-corrected chi connectivity index (χ4v) is 1.88. The Kier molecular flexibility index (Phi) is 1.49. The van der Waals surface area contributed by atoms with Crippen LogP contribution in [0, 0.1) is 5.38 Å². The van der Waals surface area contributed by atoms with E-state index in [4.69, 9.17) is 0 Å². The van der Waals surface area contributed by atoms with E-state index in [0.29, 0.717) is 0 Å². The van der Waals surface area contributed by atoms with Crippen molar-refractivity contribution in [1.82, 2.24) is 9.97 Å². The summed E-state index contributed by atoms with van der Waals surface area (Å²) >= 11 is 3.09. The zero-order valence-electron chi connectivity index (χ0n) is 4.94. The van der Waals surface area contributed by atoms with E-state index in [1.807, 2.05) is 5.38 Å². The first kappa shape index (κ1) is 6.00. The van der Waals surface area contributed by atoms with Crippen LogP contribution in [0.1, 0.15) is 0 Å². The molecule has 1 radical (unpaired) electrons. The van der Waals surface area contributed by atoms with E-state index in [0.717, 1.165) is 10.0 Å². The quantitative estimate of drug-likeness (QED) is 0.649. The van der Waals surface area contributed by atoms with Crippen molar-refractivity contribution < 1.29 is 0 Å². The van der Waals surface area contributed by atoms with Gasteiger partial charge < -0.3 is 0 Å². The van der Waals surface area contributed by atoms with E-state index in [-0.39, 0.29) is 0 Å². The lowest BCUT2D eigenvalue weighted by Crippen LogP contribution is -1.68. The molecule has 0 unspecified atom stereocenters. The SMILES string of the molecule is [c]1cnc(-c2nccs2)s1. The summed E-state index contributed by atoms with van der Waals surface area (Å²) in [7, 11) is 0. The van der Waals surface area contributed by atoms with Gasteiger partial charge >= 0.3 is 0 Å². The first-order valence-electron chi connectivity index (χ1n) is 2.68. The Morgan fingerprint density at radius 2 is 2.30 bits per heavy atom. The van der Waals surface area contributed by atoms with Crippen molar-refractivity contribution in [3.63, 3.8) is 0 Å². The standard InChI is InChI=1S/C6H3N2S2/c1-3-9-5(7-1)6-8-2-4-10-6/h1-3H. The van der Waals surface area contributed by atoms with Crippen LogP contribution < -0.4 is 0 Å². The first-order valence-corrected chi connectivity index (χ1v) is 4.38. The van der Waals surface area contributed by atoms with Gasteiger partial charge in [0.1, 0.15) is 0 Å². The maximum Gasteiger partial charge on any atom is 0.152 e. The highest BCUT2D eigenvalue weighted by atomic mass is 32.1. The van der Waals surface area contributed by atoms with Gasteiger partial charge in [-0.25, -0.2) is 9.97 Å². The van der Waals surface area contributed by atoms with Crippen LogP contribution in [0.15, 0.2) is 17.8 Å². The van der Waals surface area contributed by atoms with Crippen LogP contribution in [0.4, 0.5) is 0 Å². The van der Waals surface area contributed by atoms with Crippen molar-refractivity contribution >= 4 is 22.7 Å². The third kappa shape index (κ3) is 0.955. The predicted octanol–water partition coefficient (Wildman–Crippen LogP) is 2.07. The molecule has 0 aliphatic carbocycles. The fourth-order valence-electron chi connectivity index (χ4n) is 0.621. The Balaban J connectivity index is 2.48. The molecule has 4 heteroatoms. The highest BCUT2D eigenvalue weighted by Gasteiger charge is 2.00. The van der Waals surface area contributed by atoms with Gasteiger partial charge in [0.05, 0.1) is 5.38 Å². The topological polar surface area (TPSA) is 25.8 Å². The molecular formula is C6H3N2S2. The van der Waals surface area contributed by atoms with Gasteiger partial charge in [-0.3, -0.25) is 0 Å². The van der Waals surface area contributed by atoms with Crippen molar-refractivity contribution in [1.29, 1.82) is 0 Å². The molecule has 0 bridgehead atoms. The molecule has 49 valence electrons. The van der Waals surface area contributed by atoms with Gasteiger partial charge in [-0.05, 0) is 0 Å². The summed E-state index contributed by atoms with van der Waals surface area (Å²) in [6.07, 6.45) is 3.45. The lowest BCUT2D eigenvalue weighted by molar-refractivity contribution is 1.35. The molecule has 0 saturated heterocycles. The van der Waals surface area contributed by atoms with Gasteiger partial charge in [0.2, 0.25) is 0 Å². The van der Waals surface area contributed by atoms with Crippen molar-refractivity contribution in [2.75, 3.05) is 0 Å². The second-order valence-electron chi connectivity index (χ2n) is 1.62. The van der Waals surface area contributed by atoms with E-state index in [2.05, 4.69) is 15.3 Å². The second kappa shape index (κ2) is 2.48. The molecule has 0 atom stereocenters. The van der Waals surface area contributed by atoms with Crippen LogP contribution in [-0.4, -0.2) is 9.97 Å². The predicted molar refractivity (Wildman–Crippen MR) is 42.1 cm³/mol. The van der Waals surface area contributed by atoms with Crippen molar-refractivity contribution in [2.24, 2.45) is 0 Å². The van der Waals surface area contributed by atoms with Crippen molar-refractivity contribution in [3.8, 4) is 10.0 Å². The number of rotatable bonds is 1. The van der Waals surface area contributed by atoms with Gasteiger partial charge in [-0.1, -0.05) is 0 Å². The van der Waals surface area contributed by atoms with Crippen molar-refractivity contribution in [2.45, 2.75) is 0 Å². The third-order valence-corrected chi connectivity index (χ3v) is 2.63. The third-order valence-electron chi connectivity index (χ3n) is 1.01. The van der Waals surface area contributed by atoms with E-state index in [9.17, 15) is 0 Å². The maximum absolute atomic E-state index is 4.11. The monoisotopic (exact) mass is 167 g/mol. The van der Waals surface area contributed by atoms with Crippen LogP contribution in [-0.2, 0) is 0 Å². The van der Waals surface area contributed by atoms with Crippen LogP contribution in [0.25, 0.3) is 10.0 Å². The van der Waals surface area contributed by atoms with Crippen LogP contribution in [0.3, 0.4) is 0 Å². The molecule has 2 aromatic rings. The summed E-state index contributed by atoms with van der Waals surface area (Å²) in [5.74, 6) is 0. The molecule has 2 aromatic heterocycles.